The Morgan fingerprint density at radius 2 is 0.733 bits per heavy atom. The molecule has 0 spiro atoms. The Labute approximate surface area is 433 Å². The summed E-state index contributed by atoms with van der Waals surface area (Å²) in [5.74, 6) is 2.57. The van der Waals surface area contributed by atoms with E-state index in [0.29, 0.717) is 0 Å². The number of para-hydroxylation sites is 7. The lowest BCUT2D eigenvalue weighted by Crippen LogP contribution is -1.99. The van der Waals surface area contributed by atoms with E-state index in [0.717, 1.165) is 82.1 Å². The number of hydrogen-bond acceptors (Lipinski definition) is 5. The van der Waals surface area contributed by atoms with Crippen LogP contribution in [-0.2, 0) is 0 Å². The molecule has 0 atom stereocenters. The molecular formula is C65H36N8S2. The minimum atomic E-state index is 0.810. The van der Waals surface area contributed by atoms with Gasteiger partial charge in [-0.2, -0.15) is 0 Å². The topological polar surface area (TPSA) is 62.8 Å². The van der Waals surface area contributed by atoms with Crippen molar-refractivity contribution in [3.63, 3.8) is 0 Å². The van der Waals surface area contributed by atoms with E-state index in [1.807, 2.05) is 12.4 Å². The summed E-state index contributed by atoms with van der Waals surface area (Å²) in [7, 11) is 0. The van der Waals surface area contributed by atoms with Gasteiger partial charge >= 0.3 is 0 Å². The molecule has 8 nitrogen and oxygen atoms in total. The Kier molecular flexibility index (Phi) is 7.74. The predicted molar refractivity (Wildman–Crippen MR) is 314 cm³/mol. The molecule has 0 saturated carbocycles. The third kappa shape index (κ3) is 5.21. The molecule has 0 aliphatic rings. The highest BCUT2D eigenvalue weighted by molar-refractivity contribution is 7.26. The number of nitrogens with zero attached hydrogens (tertiary/aromatic N) is 8. The SMILES string of the molecule is c1ccc2c(c1)c1ccccc1n2-c1ccc2sc3c(-n4c5ccccc5c5ccc6c(nc7n(-c8nccc9c8sc8ccc(-n%10c%11ccccc%11c%11ccccc%11%10)cc89)c8ccccc8n67)c54)nccc3c2c1. The maximum absolute atomic E-state index is 5.76. The molecular weight excluding hydrogens is 957 g/mol. The van der Waals surface area contributed by atoms with Gasteiger partial charge in [-0.05, 0) is 103 Å². The van der Waals surface area contributed by atoms with Gasteiger partial charge in [0.15, 0.2) is 11.6 Å². The number of thiophene rings is 2. The molecule has 10 heteroatoms. The molecule has 0 fully saturated rings. The molecule has 18 rings (SSSR count). The molecule has 0 N–H and O–H groups in total. The zero-order chi connectivity index (χ0) is 48.6. The smallest absolute Gasteiger partial charge is 0.222 e. The monoisotopic (exact) mass is 992 g/mol. The van der Waals surface area contributed by atoms with Crippen LogP contribution >= 0.6 is 22.7 Å². The van der Waals surface area contributed by atoms with Crippen molar-refractivity contribution in [2.75, 3.05) is 0 Å². The summed E-state index contributed by atoms with van der Waals surface area (Å²) in [5, 5.41) is 12.1. The second-order valence-corrected chi connectivity index (χ2v) is 21.7. The molecule has 9 aromatic heterocycles. The zero-order valence-corrected chi connectivity index (χ0v) is 41.3. The van der Waals surface area contributed by atoms with Crippen LogP contribution in [0.5, 0.6) is 0 Å². The van der Waals surface area contributed by atoms with Gasteiger partial charge in [0.1, 0.15) is 5.52 Å². The minimum Gasteiger partial charge on any atom is -0.309 e. The summed E-state index contributed by atoms with van der Waals surface area (Å²) >= 11 is 3.59. The highest BCUT2D eigenvalue weighted by Gasteiger charge is 2.26. The molecule has 0 amide bonds. The largest absolute Gasteiger partial charge is 0.309 e. The maximum atomic E-state index is 5.76. The second-order valence-electron chi connectivity index (χ2n) is 19.6. The van der Waals surface area contributed by atoms with E-state index in [1.54, 1.807) is 22.7 Å². The third-order valence-electron chi connectivity index (χ3n) is 15.8. The van der Waals surface area contributed by atoms with Crippen molar-refractivity contribution >= 4 is 156 Å². The average molecular weight is 993 g/mol. The Balaban J connectivity index is 0.864. The Bertz CT molecular complexity index is 5410. The summed E-state index contributed by atoms with van der Waals surface area (Å²) < 4.78 is 16.4. The summed E-state index contributed by atoms with van der Waals surface area (Å²) in [6.07, 6.45) is 3.94. The average Bonchev–Trinajstić information content (AvgIpc) is 4.53. The van der Waals surface area contributed by atoms with Crippen molar-refractivity contribution in [2.24, 2.45) is 0 Å². The van der Waals surface area contributed by atoms with Crippen LogP contribution in [0.1, 0.15) is 0 Å². The molecule has 0 radical (unpaired) electrons. The van der Waals surface area contributed by atoms with Gasteiger partial charge in [-0.25, -0.2) is 15.0 Å². The predicted octanol–water partition coefficient (Wildman–Crippen LogP) is 17.2. The Morgan fingerprint density at radius 3 is 1.24 bits per heavy atom. The van der Waals surface area contributed by atoms with Gasteiger partial charge in [0.05, 0.1) is 59.1 Å². The normalized spacial score (nSPS) is 12.5. The fourth-order valence-corrected chi connectivity index (χ4v) is 15.0. The van der Waals surface area contributed by atoms with E-state index in [-0.39, 0.29) is 0 Å². The molecule has 0 bridgehead atoms. The zero-order valence-electron chi connectivity index (χ0n) is 39.7. The third-order valence-corrected chi connectivity index (χ3v) is 18.2. The van der Waals surface area contributed by atoms with Crippen LogP contribution in [0.4, 0.5) is 0 Å². The van der Waals surface area contributed by atoms with Crippen molar-refractivity contribution in [1.82, 2.24) is 37.6 Å². The summed E-state index contributed by atoms with van der Waals surface area (Å²) in [6.45, 7) is 0. The van der Waals surface area contributed by atoms with Gasteiger partial charge in [-0.1, -0.05) is 103 Å². The second kappa shape index (κ2) is 14.5. The van der Waals surface area contributed by atoms with Crippen molar-refractivity contribution in [3.05, 3.63) is 219 Å². The van der Waals surface area contributed by atoms with Crippen LogP contribution in [0, 0.1) is 0 Å². The number of rotatable bonds is 4. The fraction of sp³-hybridized carbons (Fsp3) is 0. The van der Waals surface area contributed by atoms with Crippen LogP contribution in [0.2, 0.25) is 0 Å². The van der Waals surface area contributed by atoms with Gasteiger partial charge < -0.3 is 9.13 Å². The first-order chi connectivity index (χ1) is 37.2. The Morgan fingerprint density at radius 1 is 0.307 bits per heavy atom. The Hall–Kier alpha value is -9.61. The summed E-state index contributed by atoms with van der Waals surface area (Å²) in [4.78, 5) is 16.3. The number of fused-ring (bicyclic) bond motifs is 21. The first-order valence-corrected chi connectivity index (χ1v) is 26.8. The van der Waals surface area contributed by atoms with Gasteiger partial charge in [-0.3, -0.25) is 13.5 Å². The number of hydrogen-bond donors (Lipinski definition) is 0. The molecule has 0 unspecified atom stereocenters. The van der Waals surface area contributed by atoms with Crippen LogP contribution in [-0.4, -0.2) is 37.6 Å². The number of pyridine rings is 2. The number of imidazole rings is 2. The molecule has 0 saturated heterocycles. The van der Waals surface area contributed by atoms with Crippen molar-refractivity contribution in [1.29, 1.82) is 0 Å². The molecule has 9 heterocycles. The van der Waals surface area contributed by atoms with Crippen LogP contribution in [0.3, 0.4) is 0 Å². The minimum absolute atomic E-state index is 0.810. The van der Waals surface area contributed by atoms with Crippen molar-refractivity contribution < 1.29 is 0 Å². The molecule has 9 aromatic carbocycles. The van der Waals surface area contributed by atoms with E-state index >= 15 is 0 Å². The fourth-order valence-electron chi connectivity index (χ4n) is 12.7. The summed E-state index contributed by atoms with van der Waals surface area (Å²) in [5.41, 5.74) is 13.2. The molecule has 0 aliphatic carbocycles. The van der Waals surface area contributed by atoms with Gasteiger partial charge in [0.25, 0.3) is 0 Å². The number of benzene rings is 9. The highest BCUT2D eigenvalue weighted by Crippen LogP contribution is 2.45. The number of aromatic nitrogens is 8. The van der Waals surface area contributed by atoms with E-state index in [1.165, 1.54) is 74.6 Å². The van der Waals surface area contributed by atoms with Crippen molar-refractivity contribution in [3.8, 4) is 23.0 Å². The van der Waals surface area contributed by atoms with E-state index < -0.39 is 0 Å². The molecule has 18 aromatic rings. The van der Waals surface area contributed by atoms with Crippen LogP contribution in [0.15, 0.2) is 219 Å². The van der Waals surface area contributed by atoms with Crippen molar-refractivity contribution in [2.45, 2.75) is 0 Å². The standard InChI is InChI=1S/C65H36N8S2/c1-6-18-49-39(13-1)40-14-2-7-19-50(40)69(49)37-25-29-57-47(35-37)45-31-33-66-63(61(45)74-57)72-53-22-10-5-17-43(53)44-27-28-56-59(60(44)72)68-65-71(56)54-23-11-12-24-55(54)73(65)64-62-46(32-34-67-64)48-36-38(26-30-58(48)75-62)70-51-20-8-3-15-41(51)42-16-4-9-21-52(42)70/h1-36H. The molecule has 348 valence electrons. The quantitative estimate of drug-likeness (QED) is 0.176. The lowest BCUT2D eigenvalue weighted by Gasteiger charge is -2.09. The van der Waals surface area contributed by atoms with Crippen LogP contribution < -0.4 is 0 Å². The lowest BCUT2D eigenvalue weighted by atomic mass is 10.1. The first-order valence-electron chi connectivity index (χ1n) is 25.2. The van der Waals surface area contributed by atoms with Crippen LogP contribution in [0.25, 0.3) is 157 Å². The van der Waals surface area contributed by atoms with E-state index in [9.17, 15) is 0 Å². The lowest BCUT2D eigenvalue weighted by molar-refractivity contribution is 1.06. The first kappa shape index (κ1) is 39.9. The van der Waals surface area contributed by atoms with Gasteiger partial charge in [0.2, 0.25) is 5.78 Å². The van der Waals surface area contributed by atoms with E-state index in [4.69, 9.17) is 15.0 Å². The van der Waals surface area contributed by atoms with Gasteiger partial charge in [0, 0.05) is 87.0 Å². The van der Waals surface area contributed by atoms with E-state index in [2.05, 4.69) is 229 Å². The molecule has 0 aliphatic heterocycles. The molecule has 75 heavy (non-hydrogen) atoms. The van der Waals surface area contributed by atoms with Gasteiger partial charge in [-0.15, -0.1) is 22.7 Å². The highest BCUT2D eigenvalue weighted by atomic mass is 32.1. The summed E-state index contributed by atoms with van der Waals surface area (Å²) in [6, 6.07) is 74.9. The maximum Gasteiger partial charge on any atom is 0.222 e.